The molecule has 0 aromatic rings. The van der Waals surface area contributed by atoms with E-state index < -0.39 is 0 Å². The summed E-state index contributed by atoms with van der Waals surface area (Å²) in [5.74, 6) is -0.122. The van der Waals surface area contributed by atoms with Gasteiger partial charge in [0, 0.05) is 19.2 Å². The van der Waals surface area contributed by atoms with Gasteiger partial charge in [-0.2, -0.15) is 0 Å². The van der Waals surface area contributed by atoms with Crippen molar-refractivity contribution in [3.05, 3.63) is 58.7 Å². The Bertz CT molecular complexity index is 631. The maximum Gasteiger partial charge on any atom is 0.244 e. The average molecular weight is 358 g/mol. The van der Waals surface area contributed by atoms with Crippen molar-refractivity contribution in [2.75, 3.05) is 13.2 Å². The summed E-state index contributed by atoms with van der Waals surface area (Å²) in [6.45, 7) is 11.5. The molecule has 0 spiro atoms. The van der Waals surface area contributed by atoms with Gasteiger partial charge in [-0.25, -0.2) is 0 Å². The van der Waals surface area contributed by atoms with Gasteiger partial charge in [-0.3, -0.25) is 4.79 Å². The van der Waals surface area contributed by atoms with Crippen molar-refractivity contribution in [2.24, 2.45) is 5.41 Å². The minimum Gasteiger partial charge on any atom is -0.396 e. The SMILES string of the molecule is CC(C=CC1=C(C)CCCC1(C)C)=CC=CC(C)=CC(=O)NCCCO. The van der Waals surface area contributed by atoms with Crippen LogP contribution in [0, 0.1) is 5.41 Å². The van der Waals surface area contributed by atoms with E-state index in [0.29, 0.717) is 13.0 Å². The fourth-order valence-corrected chi connectivity index (χ4v) is 3.23. The molecule has 1 amide bonds. The van der Waals surface area contributed by atoms with Crippen molar-refractivity contribution >= 4 is 5.91 Å². The molecule has 0 atom stereocenters. The van der Waals surface area contributed by atoms with Crippen LogP contribution < -0.4 is 5.32 Å². The van der Waals surface area contributed by atoms with E-state index in [-0.39, 0.29) is 17.9 Å². The second-order valence-electron chi connectivity index (χ2n) is 7.79. The van der Waals surface area contributed by atoms with Crippen LogP contribution in [0.1, 0.15) is 60.3 Å². The number of nitrogens with one attached hydrogen (secondary N) is 1. The zero-order chi connectivity index (χ0) is 19.6. The molecule has 0 saturated carbocycles. The summed E-state index contributed by atoms with van der Waals surface area (Å²) < 4.78 is 0. The number of rotatable bonds is 8. The Morgan fingerprint density at radius 2 is 1.96 bits per heavy atom. The van der Waals surface area contributed by atoms with Crippen LogP contribution in [-0.4, -0.2) is 24.2 Å². The summed E-state index contributed by atoms with van der Waals surface area (Å²) >= 11 is 0. The molecule has 0 heterocycles. The van der Waals surface area contributed by atoms with Crippen LogP contribution in [0.3, 0.4) is 0 Å². The van der Waals surface area contributed by atoms with E-state index in [2.05, 4.69) is 51.2 Å². The molecule has 144 valence electrons. The summed E-state index contributed by atoms with van der Waals surface area (Å²) in [5.41, 5.74) is 5.31. The molecule has 3 nitrogen and oxygen atoms in total. The van der Waals surface area contributed by atoms with Crippen molar-refractivity contribution in [1.29, 1.82) is 0 Å². The highest BCUT2D eigenvalue weighted by atomic mass is 16.3. The molecule has 0 unspecified atom stereocenters. The normalized spacial score (nSPS) is 18.8. The number of hydrogen-bond acceptors (Lipinski definition) is 2. The molecule has 1 rings (SSSR count). The molecule has 0 aromatic carbocycles. The van der Waals surface area contributed by atoms with Crippen LogP contribution >= 0.6 is 0 Å². The molecule has 1 aliphatic rings. The molecule has 1 aliphatic carbocycles. The molecule has 0 radical (unpaired) electrons. The number of hydrogen-bond donors (Lipinski definition) is 2. The first kappa shape index (κ1) is 22.2. The quantitative estimate of drug-likeness (QED) is 0.364. The summed E-state index contributed by atoms with van der Waals surface area (Å²) in [7, 11) is 0. The van der Waals surface area contributed by atoms with Gasteiger partial charge in [0.1, 0.15) is 0 Å². The lowest BCUT2D eigenvalue weighted by molar-refractivity contribution is -0.116. The fraction of sp³-hybridized carbons (Fsp3) is 0.522. The molecule has 26 heavy (non-hydrogen) atoms. The summed E-state index contributed by atoms with van der Waals surface area (Å²) in [4.78, 5) is 11.7. The van der Waals surface area contributed by atoms with Gasteiger partial charge in [0.25, 0.3) is 0 Å². The van der Waals surface area contributed by atoms with Crippen LogP contribution in [0.15, 0.2) is 58.7 Å². The van der Waals surface area contributed by atoms with Gasteiger partial charge in [0.05, 0.1) is 0 Å². The Balaban J connectivity index is 2.64. The lowest BCUT2D eigenvalue weighted by atomic mass is 9.72. The third-order valence-corrected chi connectivity index (χ3v) is 4.77. The number of carbonyl (C=O) groups is 1. The largest absolute Gasteiger partial charge is 0.396 e. The predicted octanol–water partition coefficient (Wildman–Crippen LogP) is 5.02. The first-order valence-electron chi connectivity index (χ1n) is 9.56. The van der Waals surface area contributed by atoms with E-state index in [1.165, 1.54) is 36.0 Å². The highest BCUT2D eigenvalue weighted by molar-refractivity contribution is 5.88. The fourth-order valence-electron chi connectivity index (χ4n) is 3.23. The summed E-state index contributed by atoms with van der Waals surface area (Å²) in [6.07, 6.45) is 16.3. The summed E-state index contributed by atoms with van der Waals surface area (Å²) in [5, 5.41) is 11.4. The van der Waals surface area contributed by atoms with E-state index in [9.17, 15) is 4.79 Å². The highest BCUT2D eigenvalue weighted by Gasteiger charge is 2.26. The Morgan fingerprint density at radius 1 is 1.23 bits per heavy atom. The Kier molecular flexibility index (Phi) is 9.36. The molecule has 0 fully saturated rings. The van der Waals surface area contributed by atoms with Gasteiger partial charge >= 0.3 is 0 Å². The first-order chi connectivity index (χ1) is 12.3. The smallest absolute Gasteiger partial charge is 0.244 e. The van der Waals surface area contributed by atoms with Gasteiger partial charge in [-0.15, -0.1) is 0 Å². The van der Waals surface area contributed by atoms with Crippen molar-refractivity contribution < 1.29 is 9.90 Å². The molecule has 0 aromatic heterocycles. The van der Waals surface area contributed by atoms with Crippen LogP contribution in [0.2, 0.25) is 0 Å². The van der Waals surface area contributed by atoms with Crippen molar-refractivity contribution in [2.45, 2.75) is 60.3 Å². The van der Waals surface area contributed by atoms with E-state index in [1.807, 2.05) is 19.1 Å². The van der Waals surface area contributed by atoms with Gasteiger partial charge in [-0.05, 0) is 63.0 Å². The molecular weight excluding hydrogens is 322 g/mol. The molecule has 0 aliphatic heterocycles. The van der Waals surface area contributed by atoms with Crippen LogP contribution in [0.4, 0.5) is 0 Å². The van der Waals surface area contributed by atoms with Crippen LogP contribution in [0.5, 0.6) is 0 Å². The Hall–Kier alpha value is -1.87. The number of aliphatic hydroxyl groups excluding tert-OH is 1. The number of allylic oxidation sites excluding steroid dienone is 9. The maximum absolute atomic E-state index is 11.7. The summed E-state index contributed by atoms with van der Waals surface area (Å²) in [6, 6.07) is 0. The predicted molar refractivity (Wildman–Crippen MR) is 111 cm³/mol. The van der Waals surface area contributed by atoms with Crippen LogP contribution in [0.25, 0.3) is 0 Å². The second kappa shape index (κ2) is 11.0. The number of amides is 1. The number of carbonyl (C=O) groups excluding carboxylic acids is 1. The first-order valence-corrected chi connectivity index (χ1v) is 9.56. The molecule has 2 N–H and O–H groups in total. The van der Waals surface area contributed by atoms with Crippen LogP contribution in [-0.2, 0) is 4.79 Å². The minimum absolute atomic E-state index is 0.0913. The van der Waals surface area contributed by atoms with Gasteiger partial charge < -0.3 is 10.4 Å². The van der Waals surface area contributed by atoms with Gasteiger partial charge in [-0.1, -0.05) is 55.4 Å². The van der Waals surface area contributed by atoms with E-state index in [0.717, 1.165) is 5.57 Å². The average Bonchev–Trinajstić information content (AvgIpc) is 2.54. The zero-order valence-corrected chi connectivity index (χ0v) is 17.1. The third kappa shape index (κ3) is 8.01. The monoisotopic (exact) mass is 357 g/mol. The van der Waals surface area contributed by atoms with Crippen molar-refractivity contribution in [1.82, 2.24) is 5.32 Å². The standard InChI is InChI=1S/C23H35NO2/c1-18(12-13-21-20(3)11-7-14-23(21,4)5)9-6-10-19(2)17-22(26)24-15-8-16-25/h6,9-10,12-13,17,25H,7-8,11,14-16H2,1-5H3,(H,24,26). The molecule has 0 bridgehead atoms. The van der Waals surface area contributed by atoms with Gasteiger partial charge in [0.15, 0.2) is 0 Å². The van der Waals surface area contributed by atoms with E-state index in [4.69, 9.17) is 5.11 Å². The molecule has 3 heteroatoms. The Morgan fingerprint density at radius 3 is 2.62 bits per heavy atom. The maximum atomic E-state index is 11.7. The second-order valence-corrected chi connectivity index (χ2v) is 7.79. The lowest BCUT2D eigenvalue weighted by Crippen LogP contribution is -2.23. The molecular formula is C23H35NO2. The minimum atomic E-state index is -0.122. The van der Waals surface area contributed by atoms with Gasteiger partial charge in [0.2, 0.25) is 5.91 Å². The van der Waals surface area contributed by atoms with E-state index in [1.54, 1.807) is 6.08 Å². The van der Waals surface area contributed by atoms with Crippen molar-refractivity contribution in [3.8, 4) is 0 Å². The molecule has 0 saturated heterocycles. The Labute approximate surface area is 159 Å². The van der Waals surface area contributed by atoms with Crippen molar-refractivity contribution in [3.63, 3.8) is 0 Å². The third-order valence-electron chi connectivity index (χ3n) is 4.77. The topological polar surface area (TPSA) is 49.3 Å². The van der Waals surface area contributed by atoms with E-state index >= 15 is 0 Å². The highest BCUT2D eigenvalue weighted by Crippen LogP contribution is 2.40. The lowest BCUT2D eigenvalue weighted by Gasteiger charge is -2.32. The number of aliphatic hydroxyl groups is 1. The zero-order valence-electron chi connectivity index (χ0n) is 17.1.